The molecule has 0 aromatic carbocycles. The molecule has 18 heavy (non-hydrogen) atoms. The second-order valence-electron chi connectivity index (χ2n) is 5.81. The predicted octanol–water partition coefficient (Wildman–Crippen LogP) is 4.14. The number of rotatable bonds is 2. The Balaban J connectivity index is 2.02. The molecule has 0 saturated carbocycles. The Hall–Kier alpha value is -0.480. The normalized spacial score (nSPS) is 20.4. The van der Waals surface area contributed by atoms with Gasteiger partial charge in [-0.3, -0.25) is 4.99 Å². The molecule has 1 unspecified atom stereocenters. The molecule has 1 aliphatic heterocycles. The largest absolute Gasteiger partial charge is 0.358 e. The SMILES string of the molecule is Cc1cc(C(C)NC2=NCC(C)(C)CS2)c(C)s1. The number of aliphatic imine (C=N–C) groups is 1. The van der Waals surface area contributed by atoms with E-state index in [0.717, 1.165) is 17.5 Å². The van der Waals surface area contributed by atoms with Crippen molar-refractivity contribution in [2.24, 2.45) is 10.4 Å². The van der Waals surface area contributed by atoms with E-state index in [9.17, 15) is 0 Å². The van der Waals surface area contributed by atoms with Crippen molar-refractivity contribution in [1.29, 1.82) is 0 Å². The summed E-state index contributed by atoms with van der Waals surface area (Å²) in [6.07, 6.45) is 0. The summed E-state index contributed by atoms with van der Waals surface area (Å²) in [5.41, 5.74) is 1.75. The quantitative estimate of drug-likeness (QED) is 0.881. The first-order chi connectivity index (χ1) is 8.37. The Morgan fingerprint density at radius 3 is 2.61 bits per heavy atom. The summed E-state index contributed by atoms with van der Waals surface area (Å²) in [5.74, 6) is 1.15. The highest BCUT2D eigenvalue weighted by Crippen LogP contribution is 2.30. The van der Waals surface area contributed by atoms with Gasteiger partial charge < -0.3 is 5.32 Å². The van der Waals surface area contributed by atoms with E-state index in [1.54, 1.807) is 0 Å². The summed E-state index contributed by atoms with van der Waals surface area (Å²) in [7, 11) is 0. The lowest BCUT2D eigenvalue weighted by Crippen LogP contribution is -2.32. The average molecular weight is 282 g/mol. The minimum atomic E-state index is 0.341. The average Bonchev–Trinajstić information content (AvgIpc) is 2.61. The van der Waals surface area contributed by atoms with Crippen molar-refractivity contribution in [3.05, 3.63) is 21.4 Å². The fraction of sp³-hybridized carbons (Fsp3) is 0.643. The molecule has 1 aromatic heterocycles. The molecule has 2 nitrogen and oxygen atoms in total. The van der Waals surface area contributed by atoms with Crippen LogP contribution in [0.2, 0.25) is 0 Å². The van der Waals surface area contributed by atoms with Crippen molar-refractivity contribution >= 4 is 28.3 Å². The van der Waals surface area contributed by atoms with Crippen LogP contribution in [0.5, 0.6) is 0 Å². The minimum absolute atomic E-state index is 0.341. The van der Waals surface area contributed by atoms with Crippen LogP contribution in [0.3, 0.4) is 0 Å². The van der Waals surface area contributed by atoms with Crippen molar-refractivity contribution < 1.29 is 0 Å². The molecule has 1 aliphatic rings. The molecule has 1 atom stereocenters. The van der Waals surface area contributed by atoms with Gasteiger partial charge in [0.05, 0.1) is 6.04 Å². The number of thioether (sulfide) groups is 1. The van der Waals surface area contributed by atoms with Gasteiger partial charge in [-0.2, -0.15) is 0 Å². The summed E-state index contributed by atoms with van der Waals surface area (Å²) in [5, 5.41) is 4.65. The van der Waals surface area contributed by atoms with Crippen molar-refractivity contribution in [2.45, 2.75) is 40.7 Å². The Bertz CT molecular complexity index is 460. The standard InChI is InChI=1S/C14H22N2S2/c1-9-6-12(11(3)18-9)10(2)16-13-15-7-14(4,5)8-17-13/h6,10H,7-8H2,1-5H3,(H,15,16). The Labute approximate surface area is 118 Å². The van der Waals surface area contributed by atoms with Gasteiger partial charge in [-0.05, 0) is 37.8 Å². The lowest BCUT2D eigenvalue weighted by Gasteiger charge is -2.28. The second kappa shape index (κ2) is 5.25. The summed E-state index contributed by atoms with van der Waals surface area (Å²) in [6.45, 7) is 12.1. The number of nitrogens with one attached hydrogen (secondary N) is 1. The maximum absolute atomic E-state index is 4.66. The molecule has 0 bridgehead atoms. The van der Waals surface area contributed by atoms with Gasteiger partial charge in [-0.25, -0.2) is 0 Å². The summed E-state index contributed by atoms with van der Waals surface area (Å²) in [4.78, 5) is 7.45. The van der Waals surface area contributed by atoms with Crippen molar-refractivity contribution in [2.75, 3.05) is 12.3 Å². The van der Waals surface area contributed by atoms with E-state index in [1.807, 2.05) is 23.1 Å². The van der Waals surface area contributed by atoms with E-state index in [1.165, 1.54) is 15.3 Å². The summed E-state index contributed by atoms with van der Waals surface area (Å²) in [6, 6.07) is 2.64. The molecule has 2 heterocycles. The van der Waals surface area contributed by atoms with Crippen LogP contribution in [0.15, 0.2) is 11.1 Å². The van der Waals surface area contributed by atoms with Gasteiger partial charge >= 0.3 is 0 Å². The molecule has 0 spiro atoms. The number of nitrogens with zero attached hydrogens (tertiary/aromatic N) is 1. The van der Waals surface area contributed by atoms with Crippen LogP contribution in [0.25, 0.3) is 0 Å². The number of hydrogen-bond acceptors (Lipinski definition) is 4. The van der Waals surface area contributed by atoms with Gasteiger partial charge in [0.1, 0.15) is 0 Å². The lowest BCUT2D eigenvalue weighted by molar-refractivity contribution is 0.436. The fourth-order valence-corrected chi connectivity index (χ4v) is 4.13. The zero-order valence-electron chi connectivity index (χ0n) is 11.8. The van der Waals surface area contributed by atoms with Crippen molar-refractivity contribution in [1.82, 2.24) is 5.32 Å². The van der Waals surface area contributed by atoms with E-state index < -0.39 is 0 Å². The monoisotopic (exact) mass is 282 g/mol. The first-order valence-corrected chi connectivity index (χ1v) is 8.18. The van der Waals surface area contributed by atoms with Crippen LogP contribution >= 0.6 is 23.1 Å². The van der Waals surface area contributed by atoms with Crippen molar-refractivity contribution in [3.63, 3.8) is 0 Å². The highest BCUT2D eigenvalue weighted by atomic mass is 32.2. The van der Waals surface area contributed by atoms with Crippen LogP contribution in [-0.2, 0) is 0 Å². The number of thiophene rings is 1. The fourth-order valence-electron chi connectivity index (χ4n) is 2.07. The van der Waals surface area contributed by atoms with E-state index in [-0.39, 0.29) is 0 Å². The topological polar surface area (TPSA) is 24.4 Å². The minimum Gasteiger partial charge on any atom is -0.358 e. The van der Waals surface area contributed by atoms with Crippen LogP contribution in [0.1, 0.15) is 42.1 Å². The van der Waals surface area contributed by atoms with Crippen LogP contribution in [-0.4, -0.2) is 17.5 Å². The molecule has 0 amide bonds. The van der Waals surface area contributed by atoms with E-state index in [0.29, 0.717) is 11.5 Å². The smallest absolute Gasteiger partial charge is 0.157 e. The van der Waals surface area contributed by atoms with Crippen molar-refractivity contribution in [3.8, 4) is 0 Å². The predicted molar refractivity (Wildman–Crippen MR) is 83.9 cm³/mol. The highest BCUT2D eigenvalue weighted by Gasteiger charge is 2.24. The molecule has 0 radical (unpaired) electrons. The molecule has 0 aliphatic carbocycles. The first kappa shape index (κ1) is 13.9. The van der Waals surface area contributed by atoms with Gasteiger partial charge in [0, 0.05) is 22.1 Å². The molecule has 0 fully saturated rings. The second-order valence-corrected chi connectivity index (χ2v) is 8.23. The van der Waals surface area contributed by atoms with Gasteiger partial charge in [0.2, 0.25) is 0 Å². The van der Waals surface area contributed by atoms with Gasteiger partial charge in [-0.15, -0.1) is 11.3 Å². The van der Waals surface area contributed by atoms with E-state index in [4.69, 9.17) is 0 Å². The summed E-state index contributed by atoms with van der Waals surface area (Å²) < 4.78 is 0. The molecule has 1 N–H and O–H groups in total. The van der Waals surface area contributed by atoms with Crippen LogP contribution in [0.4, 0.5) is 0 Å². The van der Waals surface area contributed by atoms with Gasteiger partial charge in [-0.1, -0.05) is 25.6 Å². The van der Waals surface area contributed by atoms with Gasteiger partial charge in [0.25, 0.3) is 0 Å². The zero-order chi connectivity index (χ0) is 13.3. The van der Waals surface area contributed by atoms with Gasteiger partial charge in [0.15, 0.2) is 5.17 Å². The molecule has 0 saturated heterocycles. The zero-order valence-corrected chi connectivity index (χ0v) is 13.5. The number of hydrogen-bond donors (Lipinski definition) is 1. The Morgan fingerprint density at radius 1 is 1.39 bits per heavy atom. The highest BCUT2D eigenvalue weighted by molar-refractivity contribution is 8.13. The Morgan fingerprint density at radius 2 is 2.11 bits per heavy atom. The van der Waals surface area contributed by atoms with E-state index in [2.05, 4.69) is 51.0 Å². The summed E-state index contributed by atoms with van der Waals surface area (Å²) >= 11 is 3.72. The molecule has 1 aromatic rings. The molecule has 100 valence electrons. The number of aryl methyl sites for hydroxylation is 2. The third-order valence-electron chi connectivity index (χ3n) is 3.14. The number of amidine groups is 1. The molecule has 2 rings (SSSR count). The van der Waals surface area contributed by atoms with Crippen LogP contribution < -0.4 is 5.32 Å². The van der Waals surface area contributed by atoms with Crippen LogP contribution in [0, 0.1) is 19.3 Å². The molecular weight excluding hydrogens is 260 g/mol. The third kappa shape index (κ3) is 3.29. The lowest BCUT2D eigenvalue weighted by atomic mass is 9.97. The third-order valence-corrected chi connectivity index (χ3v) is 5.56. The maximum atomic E-state index is 4.66. The first-order valence-electron chi connectivity index (χ1n) is 6.38. The Kier molecular flexibility index (Phi) is 4.07. The molecular formula is C14H22N2S2. The van der Waals surface area contributed by atoms with E-state index >= 15 is 0 Å². The molecule has 4 heteroatoms. The maximum Gasteiger partial charge on any atom is 0.157 e.